The maximum atomic E-state index is 12.3. The highest BCUT2D eigenvalue weighted by atomic mass is 16.2. The van der Waals surface area contributed by atoms with E-state index in [1.807, 2.05) is 12.1 Å². The van der Waals surface area contributed by atoms with Crippen LogP contribution in [0.2, 0.25) is 0 Å². The Hall–Kier alpha value is -1.66. The summed E-state index contributed by atoms with van der Waals surface area (Å²) >= 11 is 0. The number of carbonyl (C=O) groups excluding carboxylic acids is 1. The maximum Gasteiger partial charge on any atom is 0.252 e. The molecule has 0 radical (unpaired) electrons. The average molecular weight is 447 g/mol. The van der Waals surface area contributed by atoms with Gasteiger partial charge in [0.25, 0.3) is 5.91 Å². The van der Waals surface area contributed by atoms with Gasteiger partial charge in [-0.3, -0.25) is 4.79 Å². The summed E-state index contributed by atoms with van der Waals surface area (Å²) in [6.07, 6.45) is 16.6. The molecule has 0 spiro atoms. The first-order chi connectivity index (χ1) is 15.7. The van der Waals surface area contributed by atoms with Crippen LogP contribution in [0, 0.1) is 0 Å². The topological polar surface area (TPSA) is 68.7 Å². The van der Waals surface area contributed by atoms with Crippen molar-refractivity contribution in [2.75, 3.05) is 50.8 Å². The van der Waals surface area contributed by atoms with Gasteiger partial charge in [-0.25, -0.2) is 4.98 Å². The normalized spacial score (nSPS) is 14.6. The summed E-state index contributed by atoms with van der Waals surface area (Å²) in [6.45, 7) is 8.54. The van der Waals surface area contributed by atoms with Crippen molar-refractivity contribution < 1.29 is 9.90 Å². The molecule has 0 aromatic carbocycles. The highest BCUT2D eigenvalue weighted by Crippen LogP contribution is 2.14. The molecule has 2 N–H and O–H groups in total. The molecule has 182 valence electrons. The van der Waals surface area contributed by atoms with Gasteiger partial charge in [0.15, 0.2) is 0 Å². The minimum atomic E-state index is -0.0150. The van der Waals surface area contributed by atoms with Gasteiger partial charge in [0.05, 0.1) is 5.56 Å². The number of rotatable bonds is 17. The average Bonchev–Trinajstić information content (AvgIpc) is 2.84. The summed E-state index contributed by atoms with van der Waals surface area (Å²) < 4.78 is 0. The summed E-state index contributed by atoms with van der Waals surface area (Å²) in [4.78, 5) is 21.6. The lowest BCUT2D eigenvalue weighted by atomic mass is 10.1. The van der Waals surface area contributed by atoms with Crippen LogP contribution in [0.15, 0.2) is 18.3 Å². The van der Waals surface area contributed by atoms with Crippen molar-refractivity contribution in [1.29, 1.82) is 0 Å². The number of hydrogen-bond acceptors (Lipinski definition) is 5. The molecule has 6 heteroatoms. The molecule has 1 aromatic heterocycles. The molecule has 0 atom stereocenters. The Morgan fingerprint density at radius 3 is 1.94 bits per heavy atom. The minimum absolute atomic E-state index is 0.0150. The third-order valence-electron chi connectivity index (χ3n) is 6.52. The van der Waals surface area contributed by atoms with Crippen LogP contribution in [0.4, 0.5) is 5.82 Å². The highest BCUT2D eigenvalue weighted by molar-refractivity contribution is 5.94. The summed E-state index contributed by atoms with van der Waals surface area (Å²) in [6, 6.07) is 3.88. The van der Waals surface area contributed by atoms with Gasteiger partial charge in [0.2, 0.25) is 0 Å². The van der Waals surface area contributed by atoms with E-state index in [0.29, 0.717) is 12.2 Å². The second-order valence-electron chi connectivity index (χ2n) is 9.05. The van der Waals surface area contributed by atoms with E-state index in [2.05, 4.69) is 27.0 Å². The van der Waals surface area contributed by atoms with Crippen molar-refractivity contribution in [3.63, 3.8) is 0 Å². The van der Waals surface area contributed by atoms with Crippen molar-refractivity contribution >= 4 is 11.7 Å². The largest absolute Gasteiger partial charge is 0.396 e. The van der Waals surface area contributed by atoms with E-state index in [9.17, 15) is 4.79 Å². The van der Waals surface area contributed by atoms with Gasteiger partial charge in [-0.15, -0.1) is 0 Å². The zero-order chi connectivity index (χ0) is 22.9. The summed E-state index contributed by atoms with van der Waals surface area (Å²) in [7, 11) is 0. The third kappa shape index (κ3) is 10.8. The summed E-state index contributed by atoms with van der Waals surface area (Å²) in [5.74, 6) is 0.956. The number of likely N-dealkylation sites (N-methyl/N-ethyl adjacent to an activating group) is 1. The molecule has 6 nitrogen and oxygen atoms in total. The van der Waals surface area contributed by atoms with Crippen molar-refractivity contribution in [1.82, 2.24) is 15.2 Å². The molecule has 32 heavy (non-hydrogen) atoms. The minimum Gasteiger partial charge on any atom is -0.396 e. The molecule has 1 amide bonds. The molecule has 1 aliphatic rings. The Bertz CT molecular complexity index is 600. The van der Waals surface area contributed by atoms with Crippen LogP contribution in [0.1, 0.15) is 94.3 Å². The number of nitrogens with one attached hydrogen (secondary N) is 1. The van der Waals surface area contributed by atoms with Crippen molar-refractivity contribution in [3.8, 4) is 0 Å². The van der Waals surface area contributed by atoms with Crippen LogP contribution < -0.4 is 10.2 Å². The van der Waals surface area contributed by atoms with Crippen LogP contribution in [0.3, 0.4) is 0 Å². The van der Waals surface area contributed by atoms with Gasteiger partial charge in [-0.2, -0.15) is 0 Å². The second-order valence-corrected chi connectivity index (χ2v) is 9.05. The zero-order valence-corrected chi connectivity index (χ0v) is 20.4. The van der Waals surface area contributed by atoms with Gasteiger partial charge in [0, 0.05) is 45.5 Å². The number of piperazine rings is 1. The summed E-state index contributed by atoms with van der Waals surface area (Å²) in [5.41, 5.74) is 0.650. The number of aliphatic hydroxyl groups is 1. The highest BCUT2D eigenvalue weighted by Gasteiger charge is 2.17. The second kappa shape index (κ2) is 16.9. The van der Waals surface area contributed by atoms with Gasteiger partial charge in [0.1, 0.15) is 5.82 Å². The van der Waals surface area contributed by atoms with E-state index < -0.39 is 0 Å². The lowest BCUT2D eigenvalue weighted by Gasteiger charge is -2.34. The Labute approximate surface area is 195 Å². The van der Waals surface area contributed by atoms with E-state index >= 15 is 0 Å². The van der Waals surface area contributed by atoms with Gasteiger partial charge >= 0.3 is 0 Å². The smallest absolute Gasteiger partial charge is 0.252 e. The summed E-state index contributed by atoms with van der Waals surface area (Å²) in [5, 5.41) is 11.8. The third-order valence-corrected chi connectivity index (χ3v) is 6.52. The number of amides is 1. The molecule has 0 bridgehead atoms. The van der Waals surface area contributed by atoms with Crippen molar-refractivity contribution in [2.24, 2.45) is 0 Å². The predicted molar refractivity (Wildman–Crippen MR) is 133 cm³/mol. The maximum absolute atomic E-state index is 12.3. The van der Waals surface area contributed by atoms with Crippen LogP contribution in [-0.4, -0.2) is 66.8 Å². The van der Waals surface area contributed by atoms with Crippen molar-refractivity contribution in [2.45, 2.75) is 84.0 Å². The first kappa shape index (κ1) is 26.6. The first-order valence-electron chi connectivity index (χ1n) is 13.1. The van der Waals surface area contributed by atoms with E-state index in [1.54, 1.807) is 6.20 Å². The predicted octanol–water partition coefficient (Wildman–Crippen LogP) is 4.63. The number of hydrogen-bond donors (Lipinski definition) is 2. The Morgan fingerprint density at radius 1 is 0.875 bits per heavy atom. The molecule has 1 aromatic rings. The number of unbranched alkanes of at least 4 members (excludes halogenated alkanes) is 11. The van der Waals surface area contributed by atoms with Crippen LogP contribution in [0.25, 0.3) is 0 Å². The zero-order valence-electron chi connectivity index (χ0n) is 20.4. The Kier molecular flexibility index (Phi) is 14.0. The SMILES string of the molecule is CCN1CCN(c2ccc(C(=O)NCCCCCCCCCCCCCCO)cn2)CC1. The number of pyridine rings is 1. The van der Waals surface area contributed by atoms with Gasteiger partial charge < -0.3 is 20.2 Å². The number of aliphatic hydroxyl groups excluding tert-OH is 1. The van der Waals surface area contributed by atoms with Crippen LogP contribution in [-0.2, 0) is 0 Å². The van der Waals surface area contributed by atoms with Crippen molar-refractivity contribution in [3.05, 3.63) is 23.9 Å². The van der Waals surface area contributed by atoms with E-state index in [4.69, 9.17) is 5.11 Å². The molecule has 0 unspecified atom stereocenters. The standard InChI is InChI=1S/C26H46N4O2/c1-2-29-18-20-30(21-19-29)25-16-15-24(23-28-25)26(32)27-17-13-11-9-7-5-3-4-6-8-10-12-14-22-31/h15-16,23,31H,2-14,17-22H2,1H3,(H,27,32). The quantitative estimate of drug-likeness (QED) is 0.342. The number of carbonyl (C=O) groups is 1. The fourth-order valence-electron chi connectivity index (χ4n) is 4.31. The Morgan fingerprint density at radius 2 is 1.44 bits per heavy atom. The first-order valence-corrected chi connectivity index (χ1v) is 13.1. The molecule has 1 fully saturated rings. The molecule has 1 aliphatic heterocycles. The number of nitrogens with zero attached hydrogens (tertiary/aromatic N) is 3. The fourth-order valence-corrected chi connectivity index (χ4v) is 4.31. The molecular formula is C26H46N4O2. The number of aromatic nitrogens is 1. The molecular weight excluding hydrogens is 400 g/mol. The lowest BCUT2D eigenvalue weighted by molar-refractivity contribution is 0.0952. The molecule has 0 saturated carbocycles. The van der Waals surface area contributed by atoms with Gasteiger partial charge in [-0.05, 0) is 31.5 Å². The van der Waals surface area contributed by atoms with E-state index in [-0.39, 0.29) is 5.91 Å². The molecule has 0 aliphatic carbocycles. The van der Waals surface area contributed by atoms with E-state index in [0.717, 1.165) is 57.9 Å². The Balaban J connectivity index is 1.46. The van der Waals surface area contributed by atoms with Crippen LogP contribution >= 0.6 is 0 Å². The van der Waals surface area contributed by atoms with Gasteiger partial charge in [-0.1, -0.05) is 71.1 Å². The fraction of sp³-hybridized carbons (Fsp3) is 0.769. The lowest BCUT2D eigenvalue weighted by Crippen LogP contribution is -2.46. The monoisotopic (exact) mass is 446 g/mol. The molecule has 1 saturated heterocycles. The molecule has 2 rings (SSSR count). The van der Waals surface area contributed by atoms with E-state index in [1.165, 1.54) is 64.2 Å². The molecule has 2 heterocycles. The van der Waals surface area contributed by atoms with Crippen LogP contribution in [0.5, 0.6) is 0 Å². The number of anilines is 1.